The SMILES string of the molecule is C=CC(=O)C(O)CN(CC)c1ccc(N=Nc2ccc([N+](=O)[O-])cc2)cc1. The molecule has 0 radical (unpaired) electrons. The third-order valence-corrected chi connectivity index (χ3v) is 3.86. The minimum absolute atomic E-state index is 0.00455. The number of carbonyl (C=O) groups excluding carboxylic acids is 1. The zero-order chi connectivity index (χ0) is 19.8. The topological polar surface area (TPSA) is 108 Å². The molecular weight excluding hydrogens is 348 g/mol. The van der Waals surface area contributed by atoms with E-state index >= 15 is 0 Å². The number of nitro benzene ring substituents is 1. The van der Waals surface area contributed by atoms with Crippen LogP contribution in [0.3, 0.4) is 0 Å². The molecule has 0 aliphatic carbocycles. The normalized spacial score (nSPS) is 11.9. The number of hydrogen-bond donors (Lipinski definition) is 1. The summed E-state index contributed by atoms with van der Waals surface area (Å²) in [5.41, 5.74) is 1.94. The van der Waals surface area contributed by atoms with Crippen LogP contribution in [0.2, 0.25) is 0 Å². The molecule has 0 saturated carbocycles. The summed E-state index contributed by atoms with van der Waals surface area (Å²) in [5.74, 6) is -0.415. The van der Waals surface area contributed by atoms with Gasteiger partial charge in [0, 0.05) is 24.4 Å². The molecule has 1 unspecified atom stereocenters. The summed E-state index contributed by atoms with van der Waals surface area (Å²) in [4.78, 5) is 23.5. The Hall–Kier alpha value is -3.39. The van der Waals surface area contributed by atoms with Gasteiger partial charge in [-0.3, -0.25) is 14.9 Å². The van der Waals surface area contributed by atoms with Gasteiger partial charge in [0.1, 0.15) is 6.10 Å². The van der Waals surface area contributed by atoms with E-state index in [2.05, 4.69) is 16.8 Å². The number of aliphatic hydroxyl groups excluding tert-OH is 1. The molecule has 0 aliphatic heterocycles. The van der Waals surface area contributed by atoms with Crippen LogP contribution < -0.4 is 4.90 Å². The van der Waals surface area contributed by atoms with Crippen molar-refractivity contribution in [1.82, 2.24) is 0 Å². The van der Waals surface area contributed by atoms with E-state index < -0.39 is 16.8 Å². The molecule has 140 valence electrons. The van der Waals surface area contributed by atoms with Gasteiger partial charge in [-0.25, -0.2) is 0 Å². The van der Waals surface area contributed by atoms with Crippen LogP contribution in [0.4, 0.5) is 22.7 Å². The van der Waals surface area contributed by atoms with Crippen LogP contribution in [-0.4, -0.2) is 35.0 Å². The molecule has 8 heteroatoms. The smallest absolute Gasteiger partial charge is 0.269 e. The van der Waals surface area contributed by atoms with Crippen LogP contribution >= 0.6 is 0 Å². The number of aliphatic hydroxyl groups is 1. The number of nitrogens with zero attached hydrogens (tertiary/aromatic N) is 4. The summed E-state index contributed by atoms with van der Waals surface area (Å²) < 4.78 is 0. The first-order chi connectivity index (χ1) is 12.9. The fourth-order valence-corrected chi connectivity index (χ4v) is 2.34. The van der Waals surface area contributed by atoms with Gasteiger partial charge in [0.15, 0.2) is 5.78 Å². The lowest BCUT2D eigenvalue weighted by Gasteiger charge is -2.25. The largest absolute Gasteiger partial charge is 0.383 e. The molecular formula is C19H20N4O4. The summed E-state index contributed by atoms with van der Waals surface area (Å²) in [7, 11) is 0. The first-order valence-corrected chi connectivity index (χ1v) is 8.30. The van der Waals surface area contributed by atoms with Crippen LogP contribution in [0, 0.1) is 10.1 Å². The lowest BCUT2D eigenvalue weighted by Crippen LogP contribution is -2.36. The van der Waals surface area contributed by atoms with Gasteiger partial charge in [-0.15, -0.1) is 0 Å². The Bertz CT molecular complexity index is 832. The van der Waals surface area contributed by atoms with Gasteiger partial charge in [-0.2, -0.15) is 10.2 Å². The van der Waals surface area contributed by atoms with Gasteiger partial charge in [-0.05, 0) is 49.4 Å². The first kappa shape index (κ1) is 19.9. The molecule has 0 aromatic heterocycles. The maximum absolute atomic E-state index is 11.5. The van der Waals surface area contributed by atoms with Crippen molar-refractivity contribution >= 4 is 28.5 Å². The molecule has 2 aromatic carbocycles. The van der Waals surface area contributed by atoms with Gasteiger partial charge < -0.3 is 10.0 Å². The summed E-state index contributed by atoms with van der Waals surface area (Å²) in [6, 6.07) is 12.9. The highest BCUT2D eigenvalue weighted by molar-refractivity contribution is 5.93. The standard InChI is InChI=1S/C19H20N4O4/c1-3-18(24)19(25)13-22(4-2)16-9-5-14(6-10-16)20-21-15-7-11-17(12-8-15)23(26)27/h3,5-12,19,25H,1,4,13H2,2H3. The number of anilines is 1. The third kappa shape index (κ3) is 5.55. The van der Waals surface area contributed by atoms with E-state index in [1.807, 2.05) is 24.0 Å². The van der Waals surface area contributed by atoms with Gasteiger partial charge in [0.25, 0.3) is 5.69 Å². The second-order valence-corrected chi connectivity index (χ2v) is 5.65. The summed E-state index contributed by atoms with van der Waals surface area (Å²) in [6.45, 7) is 6.09. The summed E-state index contributed by atoms with van der Waals surface area (Å²) >= 11 is 0. The van der Waals surface area contributed by atoms with E-state index in [-0.39, 0.29) is 12.2 Å². The number of likely N-dealkylation sites (N-methyl/N-ethyl adjacent to an activating group) is 1. The minimum atomic E-state index is -1.12. The number of rotatable bonds is 9. The van der Waals surface area contributed by atoms with Crippen LogP contribution in [0.1, 0.15) is 6.92 Å². The number of hydrogen-bond acceptors (Lipinski definition) is 7. The van der Waals surface area contributed by atoms with E-state index in [9.17, 15) is 20.0 Å². The Morgan fingerprint density at radius 3 is 2.15 bits per heavy atom. The van der Waals surface area contributed by atoms with Crippen molar-refractivity contribution in [2.75, 3.05) is 18.0 Å². The highest BCUT2D eigenvalue weighted by Gasteiger charge is 2.16. The molecule has 0 amide bonds. The molecule has 0 saturated heterocycles. The van der Waals surface area contributed by atoms with Crippen LogP contribution in [0.25, 0.3) is 0 Å². The van der Waals surface area contributed by atoms with Crippen molar-refractivity contribution in [3.63, 3.8) is 0 Å². The number of ketones is 1. The molecule has 2 rings (SSSR count). The molecule has 0 fully saturated rings. The molecule has 0 spiro atoms. The maximum atomic E-state index is 11.5. The number of nitro groups is 1. The third-order valence-electron chi connectivity index (χ3n) is 3.86. The van der Waals surface area contributed by atoms with Crippen molar-refractivity contribution in [3.8, 4) is 0 Å². The number of benzene rings is 2. The predicted molar refractivity (Wildman–Crippen MR) is 103 cm³/mol. The quantitative estimate of drug-likeness (QED) is 0.312. The van der Waals surface area contributed by atoms with E-state index in [1.54, 1.807) is 12.1 Å². The molecule has 1 N–H and O–H groups in total. The van der Waals surface area contributed by atoms with Crippen molar-refractivity contribution < 1.29 is 14.8 Å². The minimum Gasteiger partial charge on any atom is -0.383 e. The zero-order valence-electron chi connectivity index (χ0n) is 14.9. The predicted octanol–water partition coefficient (Wildman–Crippen LogP) is 3.95. The second kappa shape index (κ2) is 9.35. The Morgan fingerprint density at radius 2 is 1.70 bits per heavy atom. The first-order valence-electron chi connectivity index (χ1n) is 8.30. The zero-order valence-corrected chi connectivity index (χ0v) is 14.9. The summed E-state index contributed by atoms with van der Waals surface area (Å²) in [5, 5.41) is 28.6. The van der Waals surface area contributed by atoms with Crippen LogP contribution in [0.5, 0.6) is 0 Å². The van der Waals surface area contributed by atoms with Crippen molar-refractivity contribution in [2.45, 2.75) is 13.0 Å². The molecule has 1 atom stereocenters. The highest BCUT2D eigenvalue weighted by atomic mass is 16.6. The average Bonchev–Trinajstić information content (AvgIpc) is 2.70. The molecule has 0 bridgehead atoms. The highest BCUT2D eigenvalue weighted by Crippen LogP contribution is 2.23. The number of non-ortho nitro benzene ring substituents is 1. The van der Waals surface area contributed by atoms with Gasteiger partial charge in [0.2, 0.25) is 0 Å². The van der Waals surface area contributed by atoms with Crippen LogP contribution in [0.15, 0.2) is 71.4 Å². The fourth-order valence-electron chi connectivity index (χ4n) is 2.34. The van der Waals surface area contributed by atoms with Crippen LogP contribution in [-0.2, 0) is 4.79 Å². The van der Waals surface area contributed by atoms with Crippen molar-refractivity contribution in [2.24, 2.45) is 10.2 Å². The lowest BCUT2D eigenvalue weighted by molar-refractivity contribution is -0.384. The maximum Gasteiger partial charge on any atom is 0.269 e. The van der Waals surface area contributed by atoms with Gasteiger partial charge in [-0.1, -0.05) is 6.58 Å². The van der Waals surface area contributed by atoms with E-state index in [0.29, 0.717) is 17.9 Å². The number of carbonyl (C=O) groups is 1. The Morgan fingerprint density at radius 1 is 1.19 bits per heavy atom. The molecule has 8 nitrogen and oxygen atoms in total. The summed E-state index contributed by atoms with van der Waals surface area (Å²) in [6.07, 6.45) is -0.0100. The van der Waals surface area contributed by atoms with Crippen molar-refractivity contribution in [3.05, 3.63) is 71.3 Å². The Labute approximate surface area is 156 Å². The van der Waals surface area contributed by atoms with Gasteiger partial charge in [0.05, 0.1) is 22.8 Å². The molecule has 27 heavy (non-hydrogen) atoms. The number of azo groups is 1. The molecule has 2 aromatic rings. The Balaban J connectivity index is 2.05. The van der Waals surface area contributed by atoms with Crippen molar-refractivity contribution in [1.29, 1.82) is 0 Å². The Kier molecular flexibility index (Phi) is 6.90. The molecule has 0 aliphatic rings. The average molecular weight is 368 g/mol. The fraction of sp³-hybridized carbons (Fsp3) is 0.211. The molecule has 0 heterocycles. The van der Waals surface area contributed by atoms with E-state index in [0.717, 1.165) is 11.8 Å². The second-order valence-electron chi connectivity index (χ2n) is 5.65. The van der Waals surface area contributed by atoms with E-state index in [1.165, 1.54) is 24.3 Å². The van der Waals surface area contributed by atoms with Gasteiger partial charge >= 0.3 is 0 Å². The lowest BCUT2D eigenvalue weighted by atomic mass is 10.2. The monoisotopic (exact) mass is 368 g/mol. The van der Waals surface area contributed by atoms with E-state index in [4.69, 9.17) is 0 Å².